The zero-order valence-corrected chi connectivity index (χ0v) is 9.33. The zero-order chi connectivity index (χ0) is 10.9. The molecule has 3 heteroatoms. The maximum Gasteiger partial charge on any atom is 0.115 e. The van der Waals surface area contributed by atoms with Gasteiger partial charge in [-0.05, 0) is 38.1 Å². The number of phenols is 1. The van der Waals surface area contributed by atoms with Crippen LogP contribution >= 0.6 is 0 Å². The zero-order valence-electron chi connectivity index (χ0n) is 9.33. The van der Waals surface area contributed by atoms with E-state index in [1.54, 1.807) is 12.1 Å². The number of rotatable bonds is 1. The topological polar surface area (TPSA) is 35.5 Å². The largest absolute Gasteiger partial charge is 0.508 e. The molecule has 0 atom stereocenters. The maximum atomic E-state index is 9.23. The predicted octanol–water partition coefficient (Wildman–Crippen LogP) is 1.58. The molecule has 1 aliphatic heterocycles. The second kappa shape index (κ2) is 3.74. The molecule has 3 nitrogen and oxygen atoms in total. The van der Waals surface area contributed by atoms with Crippen LogP contribution < -0.4 is 10.2 Å². The summed E-state index contributed by atoms with van der Waals surface area (Å²) in [6.45, 7) is 7.44. The number of hydrogen-bond donors (Lipinski definition) is 2. The molecule has 82 valence electrons. The quantitative estimate of drug-likeness (QED) is 0.732. The number of phenolic OH excluding ortho intramolecular Hbond substituents is 1. The second-order valence-corrected chi connectivity index (χ2v) is 4.75. The molecular formula is C12H18N2O. The highest BCUT2D eigenvalue weighted by Crippen LogP contribution is 2.21. The SMILES string of the molecule is CC1(C)CN(c2ccc(O)cc2)CCN1. The predicted molar refractivity (Wildman–Crippen MR) is 62.4 cm³/mol. The summed E-state index contributed by atoms with van der Waals surface area (Å²) in [5, 5.41) is 12.7. The van der Waals surface area contributed by atoms with Crippen molar-refractivity contribution in [1.82, 2.24) is 5.32 Å². The van der Waals surface area contributed by atoms with E-state index in [1.807, 2.05) is 12.1 Å². The fourth-order valence-electron chi connectivity index (χ4n) is 2.03. The van der Waals surface area contributed by atoms with Crippen LogP contribution in [0.4, 0.5) is 5.69 Å². The Labute approximate surface area is 90.7 Å². The molecule has 0 aromatic heterocycles. The van der Waals surface area contributed by atoms with Gasteiger partial charge in [0.05, 0.1) is 0 Å². The van der Waals surface area contributed by atoms with E-state index in [1.165, 1.54) is 5.69 Å². The van der Waals surface area contributed by atoms with Gasteiger partial charge in [0.1, 0.15) is 5.75 Å². The first-order chi connectivity index (χ1) is 7.07. The Morgan fingerprint density at radius 3 is 2.53 bits per heavy atom. The highest BCUT2D eigenvalue weighted by molar-refractivity contribution is 5.49. The van der Waals surface area contributed by atoms with Crippen molar-refractivity contribution in [1.29, 1.82) is 0 Å². The highest BCUT2D eigenvalue weighted by Gasteiger charge is 2.25. The maximum absolute atomic E-state index is 9.23. The Morgan fingerprint density at radius 1 is 1.27 bits per heavy atom. The van der Waals surface area contributed by atoms with Crippen molar-refractivity contribution in [2.24, 2.45) is 0 Å². The van der Waals surface area contributed by atoms with Crippen molar-refractivity contribution in [3.05, 3.63) is 24.3 Å². The van der Waals surface area contributed by atoms with Crippen molar-refractivity contribution >= 4 is 5.69 Å². The summed E-state index contributed by atoms with van der Waals surface area (Å²) in [5.41, 5.74) is 1.35. The smallest absolute Gasteiger partial charge is 0.115 e. The Kier molecular flexibility index (Phi) is 2.57. The molecule has 1 aliphatic rings. The lowest BCUT2D eigenvalue weighted by molar-refractivity contribution is 0.353. The van der Waals surface area contributed by atoms with Gasteiger partial charge in [-0.1, -0.05) is 0 Å². The van der Waals surface area contributed by atoms with Crippen LogP contribution in [0.15, 0.2) is 24.3 Å². The first-order valence-electron chi connectivity index (χ1n) is 5.36. The molecule has 1 aromatic rings. The van der Waals surface area contributed by atoms with Gasteiger partial charge < -0.3 is 15.3 Å². The van der Waals surface area contributed by atoms with Gasteiger partial charge >= 0.3 is 0 Å². The van der Waals surface area contributed by atoms with Gasteiger partial charge in [-0.3, -0.25) is 0 Å². The summed E-state index contributed by atoms with van der Waals surface area (Å²) in [5.74, 6) is 0.327. The number of benzene rings is 1. The molecule has 0 saturated carbocycles. The fourth-order valence-corrected chi connectivity index (χ4v) is 2.03. The second-order valence-electron chi connectivity index (χ2n) is 4.75. The minimum atomic E-state index is 0.163. The molecule has 0 unspecified atom stereocenters. The van der Waals surface area contributed by atoms with E-state index in [0.29, 0.717) is 5.75 Å². The van der Waals surface area contributed by atoms with E-state index in [-0.39, 0.29) is 5.54 Å². The molecule has 1 fully saturated rings. The summed E-state index contributed by atoms with van der Waals surface area (Å²) in [7, 11) is 0. The normalized spacial score (nSPS) is 20.3. The third kappa shape index (κ3) is 2.42. The molecule has 2 N–H and O–H groups in total. The van der Waals surface area contributed by atoms with Gasteiger partial charge in [-0.2, -0.15) is 0 Å². The molecule has 2 rings (SSSR count). The van der Waals surface area contributed by atoms with E-state index in [2.05, 4.69) is 24.1 Å². The van der Waals surface area contributed by atoms with Crippen molar-refractivity contribution in [3.63, 3.8) is 0 Å². The lowest BCUT2D eigenvalue weighted by atomic mass is 10.0. The van der Waals surface area contributed by atoms with Gasteiger partial charge in [0.15, 0.2) is 0 Å². The van der Waals surface area contributed by atoms with Crippen LogP contribution in [0.5, 0.6) is 5.75 Å². The monoisotopic (exact) mass is 206 g/mol. The van der Waals surface area contributed by atoms with Gasteiger partial charge in [0.2, 0.25) is 0 Å². The number of nitrogens with zero attached hydrogens (tertiary/aromatic N) is 1. The summed E-state index contributed by atoms with van der Waals surface area (Å²) in [4.78, 5) is 2.34. The fraction of sp³-hybridized carbons (Fsp3) is 0.500. The molecule has 1 aromatic carbocycles. The van der Waals surface area contributed by atoms with E-state index >= 15 is 0 Å². The molecular weight excluding hydrogens is 188 g/mol. The standard InChI is InChI=1S/C12H18N2O/c1-12(2)9-14(8-7-13-12)10-3-5-11(15)6-4-10/h3-6,13,15H,7-9H2,1-2H3. The summed E-state index contributed by atoms with van der Waals surface area (Å²) < 4.78 is 0. The molecule has 1 saturated heterocycles. The Morgan fingerprint density at radius 2 is 1.93 bits per heavy atom. The molecule has 0 aliphatic carbocycles. The number of nitrogens with one attached hydrogen (secondary N) is 1. The number of piperazine rings is 1. The van der Waals surface area contributed by atoms with Crippen LogP contribution in [-0.2, 0) is 0 Å². The number of hydrogen-bond acceptors (Lipinski definition) is 3. The third-order valence-electron chi connectivity index (χ3n) is 2.79. The Bertz CT molecular complexity index is 332. The van der Waals surface area contributed by atoms with E-state index < -0.39 is 0 Å². The van der Waals surface area contributed by atoms with Crippen LogP contribution in [0.25, 0.3) is 0 Å². The minimum Gasteiger partial charge on any atom is -0.508 e. The van der Waals surface area contributed by atoms with E-state index in [9.17, 15) is 5.11 Å². The number of anilines is 1. The molecule has 1 heterocycles. The first-order valence-corrected chi connectivity index (χ1v) is 5.36. The van der Waals surface area contributed by atoms with Gasteiger partial charge in [0, 0.05) is 30.9 Å². The molecule has 0 radical (unpaired) electrons. The van der Waals surface area contributed by atoms with Gasteiger partial charge in [0.25, 0.3) is 0 Å². The summed E-state index contributed by atoms with van der Waals surface area (Å²) in [6, 6.07) is 7.42. The Balaban J connectivity index is 2.13. The average molecular weight is 206 g/mol. The van der Waals surface area contributed by atoms with Crippen molar-refractivity contribution in [2.45, 2.75) is 19.4 Å². The average Bonchev–Trinajstić information content (AvgIpc) is 2.17. The van der Waals surface area contributed by atoms with Crippen LogP contribution in [0.1, 0.15) is 13.8 Å². The Hall–Kier alpha value is -1.22. The van der Waals surface area contributed by atoms with Gasteiger partial charge in [-0.15, -0.1) is 0 Å². The lowest BCUT2D eigenvalue weighted by Crippen LogP contribution is -2.57. The van der Waals surface area contributed by atoms with Crippen molar-refractivity contribution in [2.75, 3.05) is 24.5 Å². The van der Waals surface area contributed by atoms with Crippen molar-refractivity contribution < 1.29 is 5.11 Å². The van der Waals surface area contributed by atoms with E-state index in [0.717, 1.165) is 19.6 Å². The third-order valence-corrected chi connectivity index (χ3v) is 2.79. The van der Waals surface area contributed by atoms with Crippen LogP contribution in [-0.4, -0.2) is 30.3 Å². The summed E-state index contributed by atoms with van der Waals surface area (Å²) >= 11 is 0. The number of aromatic hydroxyl groups is 1. The summed E-state index contributed by atoms with van der Waals surface area (Å²) in [6.07, 6.45) is 0. The minimum absolute atomic E-state index is 0.163. The van der Waals surface area contributed by atoms with Crippen LogP contribution in [0.3, 0.4) is 0 Å². The van der Waals surface area contributed by atoms with Crippen molar-refractivity contribution in [3.8, 4) is 5.75 Å². The van der Waals surface area contributed by atoms with Gasteiger partial charge in [-0.25, -0.2) is 0 Å². The molecule has 15 heavy (non-hydrogen) atoms. The van der Waals surface area contributed by atoms with Crippen LogP contribution in [0, 0.1) is 0 Å². The first kappa shape index (κ1) is 10.3. The molecule has 0 bridgehead atoms. The molecule has 0 amide bonds. The van der Waals surface area contributed by atoms with Crippen LogP contribution in [0.2, 0.25) is 0 Å². The molecule has 0 spiro atoms. The van der Waals surface area contributed by atoms with E-state index in [4.69, 9.17) is 0 Å². The highest BCUT2D eigenvalue weighted by atomic mass is 16.3. The lowest BCUT2D eigenvalue weighted by Gasteiger charge is -2.40.